The van der Waals surface area contributed by atoms with Crippen molar-refractivity contribution in [3.8, 4) is 5.75 Å². The summed E-state index contributed by atoms with van der Waals surface area (Å²) in [4.78, 5) is 0. The maximum atomic E-state index is 5.77. The van der Waals surface area contributed by atoms with Crippen LogP contribution in [0.25, 0.3) is 0 Å². The molecule has 92 valence electrons. The second-order valence-electron chi connectivity index (χ2n) is 4.61. The van der Waals surface area contributed by atoms with Crippen molar-refractivity contribution in [2.45, 2.75) is 24.0 Å². The maximum absolute atomic E-state index is 5.77. The number of rotatable bonds is 4. The third kappa shape index (κ3) is 2.70. The lowest BCUT2D eigenvalue weighted by Gasteiger charge is -2.06. The van der Waals surface area contributed by atoms with Crippen LogP contribution in [0.5, 0.6) is 5.75 Å². The van der Waals surface area contributed by atoms with Crippen LogP contribution in [0.3, 0.4) is 0 Å². The fourth-order valence-electron chi connectivity index (χ4n) is 2.03. The van der Waals surface area contributed by atoms with Gasteiger partial charge in [-0.1, -0.05) is 49.4 Å². The standard InChI is InChI=1S/C16H16OS/c1-12-16(18-12)14-7-9-15(10-8-14)17-11-13-5-3-2-4-6-13/h2-10,12,16H,11H2,1H3/t12-,16-/m1/s1. The van der Waals surface area contributed by atoms with Crippen LogP contribution in [0.2, 0.25) is 0 Å². The van der Waals surface area contributed by atoms with Gasteiger partial charge in [-0.25, -0.2) is 0 Å². The van der Waals surface area contributed by atoms with E-state index in [1.807, 2.05) is 30.0 Å². The summed E-state index contributed by atoms with van der Waals surface area (Å²) < 4.78 is 5.77. The van der Waals surface area contributed by atoms with Crippen LogP contribution < -0.4 is 4.74 Å². The topological polar surface area (TPSA) is 9.23 Å². The Kier molecular flexibility index (Phi) is 3.28. The molecule has 2 aromatic carbocycles. The zero-order valence-electron chi connectivity index (χ0n) is 10.4. The summed E-state index contributed by atoms with van der Waals surface area (Å²) in [5.74, 6) is 0.945. The molecule has 3 rings (SSSR count). The van der Waals surface area contributed by atoms with Crippen molar-refractivity contribution in [3.63, 3.8) is 0 Å². The highest BCUT2D eigenvalue weighted by molar-refractivity contribution is 8.07. The molecule has 2 heteroatoms. The zero-order valence-corrected chi connectivity index (χ0v) is 11.2. The molecule has 1 nitrogen and oxygen atoms in total. The van der Waals surface area contributed by atoms with E-state index < -0.39 is 0 Å². The molecule has 1 saturated heterocycles. The largest absolute Gasteiger partial charge is 0.489 e. The molecule has 1 heterocycles. The van der Waals surface area contributed by atoms with Crippen molar-refractivity contribution < 1.29 is 4.74 Å². The third-order valence-electron chi connectivity index (χ3n) is 3.17. The molecule has 0 saturated carbocycles. The van der Waals surface area contributed by atoms with E-state index in [1.54, 1.807) is 0 Å². The average molecular weight is 256 g/mol. The van der Waals surface area contributed by atoms with Crippen molar-refractivity contribution in [2.75, 3.05) is 0 Å². The Balaban J connectivity index is 1.60. The van der Waals surface area contributed by atoms with Gasteiger partial charge in [-0.2, -0.15) is 0 Å². The Labute approximate surface area is 112 Å². The second kappa shape index (κ2) is 5.07. The van der Waals surface area contributed by atoms with Gasteiger partial charge in [-0.3, -0.25) is 0 Å². The Hall–Kier alpha value is -1.41. The van der Waals surface area contributed by atoms with Crippen molar-refractivity contribution in [3.05, 3.63) is 65.7 Å². The third-order valence-corrected chi connectivity index (χ3v) is 4.53. The molecule has 0 aliphatic carbocycles. The number of ether oxygens (including phenoxy) is 1. The van der Waals surface area contributed by atoms with Gasteiger partial charge in [-0.15, -0.1) is 11.8 Å². The van der Waals surface area contributed by atoms with E-state index in [0.29, 0.717) is 11.9 Å². The summed E-state index contributed by atoms with van der Waals surface area (Å²) in [6, 6.07) is 18.8. The summed E-state index contributed by atoms with van der Waals surface area (Å²) in [5, 5.41) is 1.48. The number of thioether (sulfide) groups is 1. The number of hydrogen-bond donors (Lipinski definition) is 0. The lowest BCUT2D eigenvalue weighted by Crippen LogP contribution is -1.95. The summed E-state index contributed by atoms with van der Waals surface area (Å²) in [6.45, 7) is 2.91. The van der Waals surface area contributed by atoms with Crippen LogP contribution in [0.4, 0.5) is 0 Å². The van der Waals surface area contributed by atoms with E-state index in [1.165, 1.54) is 11.1 Å². The van der Waals surface area contributed by atoms with E-state index >= 15 is 0 Å². The van der Waals surface area contributed by atoms with Gasteiger partial charge in [0.2, 0.25) is 0 Å². The first kappa shape index (κ1) is 11.7. The number of hydrogen-bond acceptors (Lipinski definition) is 2. The molecular weight excluding hydrogens is 240 g/mol. The van der Waals surface area contributed by atoms with E-state index in [9.17, 15) is 0 Å². The van der Waals surface area contributed by atoms with Gasteiger partial charge in [0.05, 0.1) is 0 Å². The van der Waals surface area contributed by atoms with Crippen LogP contribution in [0.15, 0.2) is 54.6 Å². The van der Waals surface area contributed by atoms with Gasteiger partial charge in [0, 0.05) is 10.5 Å². The average Bonchev–Trinajstić information content (AvgIpc) is 3.15. The predicted molar refractivity (Wildman–Crippen MR) is 77.0 cm³/mol. The van der Waals surface area contributed by atoms with Crippen LogP contribution in [0, 0.1) is 0 Å². The van der Waals surface area contributed by atoms with E-state index in [4.69, 9.17) is 4.74 Å². The molecule has 0 unspecified atom stereocenters. The van der Waals surface area contributed by atoms with Crippen LogP contribution in [0.1, 0.15) is 23.3 Å². The van der Waals surface area contributed by atoms with Gasteiger partial charge >= 0.3 is 0 Å². The van der Waals surface area contributed by atoms with Crippen molar-refractivity contribution in [1.82, 2.24) is 0 Å². The van der Waals surface area contributed by atoms with E-state index in [-0.39, 0.29) is 0 Å². The van der Waals surface area contributed by atoms with Gasteiger partial charge in [-0.05, 0) is 23.3 Å². The molecule has 18 heavy (non-hydrogen) atoms. The van der Waals surface area contributed by atoms with Gasteiger partial charge in [0.15, 0.2) is 0 Å². The number of benzene rings is 2. The minimum Gasteiger partial charge on any atom is -0.489 e. The van der Waals surface area contributed by atoms with Crippen LogP contribution in [-0.2, 0) is 6.61 Å². The van der Waals surface area contributed by atoms with Crippen molar-refractivity contribution >= 4 is 11.8 Å². The fourth-order valence-corrected chi connectivity index (χ4v) is 2.87. The minimum absolute atomic E-state index is 0.634. The Morgan fingerprint density at radius 1 is 1.00 bits per heavy atom. The molecule has 0 N–H and O–H groups in total. The highest BCUT2D eigenvalue weighted by atomic mass is 32.2. The van der Waals surface area contributed by atoms with Gasteiger partial charge in [0.25, 0.3) is 0 Å². The second-order valence-corrected chi connectivity index (χ2v) is 6.13. The van der Waals surface area contributed by atoms with Gasteiger partial charge < -0.3 is 4.74 Å². The molecule has 1 aliphatic rings. The van der Waals surface area contributed by atoms with Crippen LogP contribution in [-0.4, -0.2) is 5.25 Å². The fraction of sp³-hybridized carbons (Fsp3) is 0.250. The van der Waals surface area contributed by atoms with Crippen molar-refractivity contribution in [2.24, 2.45) is 0 Å². The Bertz CT molecular complexity index is 506. The van der Waals surface area contributed by atoms with Gasteiger partial charge in [0.1, 0.15) is 12.4 Å². The lowest BCUT2D eigenvalue weighted by molar-refractivity contribution is 0.306. The normalized spacial score (nSPS) is 21.6. The summed E-state index contributed by atoms with van der Waals surface area (Å²) in [7, 11) is 0. The monoisotopic (exact) mass is 256 g/mol. The van der Waals surface area contributed by atoms with Crippen LogP contribution >= 0.6 is 11.8 Å². The quantitative estimate of drug-likeness (QED) is 0.748. The minimum atomic E-state index is 0.634. The Morgan fingerprint density at radius 2 is 1.67 bits per heavy atom. The van der Waals surface area contributed by atoms with E-state index in [0.717, 1.165) is 11.0 Å². The molecule has 2 atom stereocenters. The summed E-state index contributed by atoms with van der Waals surface area (Å²) in [6.07, 6.45) is 0. The first-order valence-electron chi connectivity index (χ1n) is 6.25. The lowest BCUT2D eigenvalue weighted by atomic mass is 10.1. The molecular formula is C16H16OS. The first-order chi connectivity index (χ1) is 8.83. The highest BCUT2D eigenvalue weighted by Gasteiger charge is 2.34. The molecule has 1 fully saturated rings. The maximum Gasteiger partial charge on any atom is 0.119 e. The molecule has 0 aromatic heterocycles. The summed E-state index contributed by atoms with van der Waals surface area (Å²) in [5.41, 5.74) is 2.62. The molecule has 1 aliphatic heterocycles. The summed E-state index contributed by atoms with van der Waals surface area (Å²) >= 11 is 2.02. The Morgan fingerprint density at radius 3 is 2.28 bits per heavy atom. The zero-order chi connectivity index (χ0) is 12.4. The molecule has 0 bridgehead atoms. The SMILES string of the molecule is C[C@H]1S[C@H]1c1ccc(OCc2ccccc2)cc1. The molecule has 2 aromatic rings. The highest BCUT2D eigenvalue weighted by Crippen LogP contribution is 2.54. The predicted octanol–water partition coefficient (Wildman–Crippen LogP) is 4.44. The molecule has 0 amide bonds. The molecule has 0 radical (unpaired) electrons. The first-order valence-corrected chi connectivity index (χ1v) is 7.19. The smallest absolute Gasteiger partial charge is 0.119 e. The van der Waals surface area contributed by atoms with E-state index in [2.05, 4.69) is 43.3 Å². The molecule has 0 spiro atoms. The van der Waals surface area contributed by atoms with Crippen molar-refractivity contribution in [1.29, 1.82) is 0 Å².